The van der Waals surface area contributed by atoms with Crippen molar-refractivity contribution in [1.29, 1.82) is 0 Å². The van der Waals surface area contributed by atoms with Crippen LogP contribution in [0, 0.1) is 5.41 Å². The zero-order valence-corrected chi connectivity index (χ0v) is 14.5. The van der Waals surface area contributed by atoms with Crippen molar-refractivity contribution >= 4 is 11.8 Å². The third-order valence-corrected chi connectivity index (χ3v) is 4.10. The van der Waals surface area contributed by atoms with E-state index in [0.29, 0.717) is 32.6 Å². The lowest BCUT2D eigenvalue weighted by atomic mass is 9.94. The normalized spacial score (nSPS) is 15.5. The zero-order chi connectivity index (χ0) is 17.0. The maximum atomic E-state index is 12.5. The van der Waals surface area contributed by atoms with Gasteiger partial charge in [-0.25, -0.2) is 0 Å². The molecule has 5 heteroatoms. The first-order valence-corrected chi connectivity index (χ1v) is 8.02. The molecule has 0 aliphatic carbocycles. The molecule has 0 atom stereocenters. The Kier molecular flexibility index (Phi) is 5.29. The average Bonchev–Trinajstić information content (AvgIpc) is 2.54. The molecular weight excluding hydrogens is 292 g/mol. The predicted octanol–water partition coefficient (Wildman–Crippen LogP) is 1.95. The lowest BCUT2D eigenvalue weighted by Crippen LogP contribution is -2.53. The third-order valence-electron chi connectivity index (χ3n) is 4.10. The van der Waals surface area contributed by atoms with Gasteiger partial charge >= 0.3 is 0 Å². The predicted molar refractivity (Wildman–Crippen MR) is 89.3 cm³/mol. The van der Waals surface area contributed by atoms with Gasteiger partial charge in [0.25, 0.3) is 0 Å². The summed E-state index contributed by atoms with van der Waals surface area (Å²) in [5.41, 5.74) is 0.525. The van der Waals surface area contributed by atoms with E-state index in [-0.39, 0.29) is 17.2 Å². The van der Waals surface area contributed by atoms with Crippen LogP contribution in [0.25, 0.3) is 0 Å². The monoisotopic (exact) mass is 318 g/mol. The first kappa shape index (κ1) is 17.3. The number of nitrogens with zero attached hydrogens (tertiary/aromatic N) is 2. The molecule has 0 aromatic heterocycles. The van der Waals surface area contributed by atoms with Crippen molar-refractivity contribution in [3.05, 3.63) is 29.8 Å². The van der Waals surface area contributed by atoms with E-state index in [9.17, 15) is 9.59 Å². The van der Waals surface area contributed by atoms with Gasteiger partial charge in [0.15, 0.2) is 0 Å². The van der Waals surface area contributed by atoms with Crippen LogP contribution in [-0.4, -0.2) is 54.9 Å². The SMILES string of the molecule is COc1ccccc1CC(=O)N1CCN(C(=O)C(C)(C)C)CC1. The van der Waals surface area contributed by atoms with Crippen molar-refractivity contribution in [2.75, 3.05) is 33.3 Å². The molecular formula is C18H26N2O3. The minimum atomic E-state index is -0.371. The van der Waals surface area contributed by atoms with Gasteiger partial charge < -0.3 is 14.5 Å². The lowest BCUT2D eigenvalue weighted by Gasteiger charge is -2.37. The van der Waals surface area contributed by atoms with Crippen LogP contribution < -0.4 is 4.74 Å². The van der Waals surface area contributed by atoms with Crippen molar-refractivity contribution in [1.82, 2.24) is 9.80 Å². The fourth-order valence-electron chi connectivity index (χ4n) is 2.76. The van der Waals surface area contributed by atoms with Gasteiger partial charge in [-0.2, -0.15) is 0 Å². The topological polar surface area (TPSA) is 49.9 Å². The maximum absolute atomic E-state index is 12.5. The van der Waals surface area contributed by atoms with Gasteiger partial charge in [-0.05, 0) is 6.07 Å². The smallest absolute Gasteiger partial charge is 0.228 e. The highest BCUT2D eigenvalue weighted by atomic mass is 16.5. The van der Waals surface area contributed by atoms with Gasteiger partial charge in [0.05, 0.1) is 13.5 Å². The second-order valence-electron chi connectivity index (χ2n) is 6.91. The molecule has 23 heavy (non-hydrogen) atoms. The summed E-state index contributed by atoms with van der Waals surface area (Å²) in [5.74, 6) is 0.967. The number of ether oxygens (including phenoxy) is 1. The van der Waals surface area contributed by atoms with Crippen molar-refractivity contribution in [3.8, 4) is 5.75 Å². The highest BCUT2D eigenvalue weighted by Gasteiger charge is 2.30. The quantitative estimate of drug-likeness (QED) is 0.856. The molecule has 1 aliphatic heterocycles. The van der Waals surface area contributed by atoms with Crippen molar-refractivity contribution < 1.29 is 14.3 Å². The van der Waals surface area contributed by atoms with Crippen molar-refractivity contribution in [2.45, 2.75) is 27.2 Å². The maximum Gasteiger partial charge on any atom is 0.228 e. The number of benzene rings is 1. The van der Waals surface area contributed by atoms with Crippen LogP contribution in [-0.2, 0) is 16.0 Å². The summed E-state index contributed by atoms with van der Waals surface area (Å²) in [5, 5.41) is 0. The third kappa shape index (κ3) is 4.24. The molecule has 1 saturated heterocycles. The van der Waals surface area contributed by atoms with Gasteiger partial charge in [0, 0.05) is 37.2 Å². The molecule has 0 saturated carbocycles. The molecule has 2 amide bonds. The zero-order valence-electron chi connectivity index (χ0n) is 14.5. The molecule has 0 N–H and O–H groups in total. The van der Waals surface area contributed by atoms with Gasteiger partial charge in [0.2, 0.25) is 11.8 Å². The summed E-state index contributed by atoms with van der Waals surface area (Å²) in [7, 11) is 1.61. The van der Waals surface area contributed by atoms with E-state index >= 15 is 0 Å². The summed E-state index contributed by atoms with van der Waals surface area (Å²) in [6.07, 6.45) is 0.331. The standard InChI is InChI=1S/C18H26N2O3/c1-18(2,3)17(22)20-11-9-19(10-12-20)16(21)13-14-7-5-6-8-15(14)23-4/h5-8H,9-13H2,1-4H3. The minimum absolute atomic E-state index is 0.0809. The second-order valence-corrected chi connectivity index (χ2v) is 6.91. The van der Waals surface area contributed by atoms with Crippen LogP contribution in [0.5, 0.6) is 5.75 Å². The molecule has 0 bridgehead atoms. The summed E-state index contributed by atoms with van der Waals surface area (Å²) in [4.78, 5) is 28.4. The fraction of sp³-hybridized carbons (Fsp3) is 0.556. The van der Waals surface area contributed by atoms with E-state index in [4.69, 9.17) is 4.74 Å². The first-order chi connectivity index (χ1) is 10.8. The molecule has 126 valence electrons. The Morgan fingerprint density at radius 2 is 1.61 bits per heavy atom. The Bertz CT molecular complexity index is 570. The van der Waals surface area contributed by atoms with E-state index in [1.54, 1.807) is 7.11 Å². The number of rotatable bonds is 3. The molecule has 0 unspecified atom stereocenters. The summed E-state index contributed by atoms with van der Waals surface area (Å²) >= 11 is 0. The van der Waals surface area contributed by atoms with Crippen LogP contribution in [0.4, 0.5) is 0 Å². The van der Waals surface area contributed by atoms with Crippen molar-refractivity contribution in [2.24, 2.45) is 5.41 Å². The van der Waals surface area contributed by atoms with E-state index < -0.39 is 0 Å². The molecule has 1 aliphatic rings. The Morgan fingerprint density at radius 1 is 1.04 bits per heavy atom. The highest BCUT2D eigenvalue weighted by Crippen LogP contribution is 2.21. The van der Waals surface area contributed by atoms with Crippen molar-refractivity contribution in [3.63, 3.8) is 0 Å². The number of methoxy groups -OCH3 is 1. The fourth-order valence-corrected chi connectivity index (χ4v) is 2.76. The van der Waals surface area contributed by atoms with E-state index in [1.807, 2.05) is 54.8 Å². The molecule has 2 rings (SSSR count). The molecule has 1 fully saturated rings. The number of para-hydroxylation sites is 1. The largest absolute Gasteiger partial charge is 0.496 e. The molecule has 1 aromatic carbocycles. The Labute approximate surface area is 138 Å². The summed E-state index contributed by atoms with van der Waals surface area (Å²) < 4.78 is 5.30. The van der Waals surface area contributed by atoms with E-state index in [1.165, 1.54) is 0 Å². The Hall–Kier alpha value is -2.04. The minimum Gasteiger partial charge on any atom is -0.496 e. The Balaban J connectivity index is 1.92. The average molecular weight is 318 g/mol. The molecule has 1 heterocycles. The van der Waals surface area contributed by atoms with E-state index in [2.05, 4.69) is 0 Å². The molecule has 0 spiro atoms. The summed E-state index contributed by atoms with van der Waals surface area (Å²) in [6.45, 7) is 8.17. The van der Waals surface area contributed by atoms with Gasteiger partial charge in [-0.1, -0.05) is 39.0 Å². The highest BCUT2D eigenvalue weighted by molar-refractivity contribution is 5.83. The second kappa shape index (κ2) is 7.02. The molecule has 0 radical (unpaired) electrons. The van der Waals surface area contributed by atoms with Crippen LogP contribution in [0.15, 0.2) is 24.3 Å². The number of carbonyl (C=O) groups is 2. The Morgan fingerprint density at radius 3 is 2.17 bits per heavy atom. The lowest BCUT2D eigenvalue weighted by molar-refractivity contribution is -0.144. The van der Waals surface area contributed by atoms with Gasteiger partial charge in [0.1, 0.15) is 5.75 Å². The first-order valence-electron chi connectivity index (χ1n) is 8.02. The molecule has 1 aromatic rings. The number of carbonyl (C=O) groups excluding carboxylic acids is 2. The van der Waals surface area contributed by atoms with Crippen LogP contribution >= 0.6 is 0 Å². The van der Waals surface area contributed by atoms with Crippen LogP contribution in [0.2, 0.25) is 0 Å². The van der Waals surface area contributed by atoms with Crippen LogP contribution in [0.1, 0.15) is 26.3 Å². The molecule has 5 nitrogen and oxygen atoms in total. The van der Waals surface area contributed by atoms with Gasteiger partial charge in [-0.3, -0.25) is 9.59 Å². The summed E-state index contributed by atoms with van der Waals surface area (Å²) in [6, 6.07) is 7.58. The van der Waals surface area contributed by atoms with Gasteiger partial charge in [-0.15, -0.1) is 0 Å². The number of hydrogen-bond acceptors (Lipinski definition) is 3. The number of hydrogen-bond donors (Lipinski definition) is 0. The number of piperazine rings is 1. The van der Waals surface area contributed by atoms with Crippen LogP contribution in [0.3, 0.4) is 0 Å². The number of amides is 2. The van der Waals surface area contributed by atoms with E-state index in [0.717, 1.165) is 11.3 Å².